The average molecular weight is 423 g/mol. The molecule has 2 heterocycles. The van der Waals surface area contributed by atoms with Crippen LogP contribution < -0.4 is 0 Å². The van der Waals surface area contributed by atoms with E-state index in [0.29, 0.717) is 12.0 Å². The van der Waals surface area contributed by atoms with Crippen LogP contribution in [0.1, 0.15) is 108 Å². The van der Waals surface area contributed by atoms with E-state index in [1.165, 1.54) is 81.8 Å². The summed E-state index contributed by atoms with van der Waals surface area (Å²) in [7, 11) is 0. The Bertz CT molecular complexity index is 726. The van der Waals surface area contributed by atoms with Crippen LogP contribution in [-0.2, 0) is 11.2 Å². The van der Waals surface area contributed by atoms with Gasteiger partial charge in [0.1, 0.15) is 0 Å². The van der Waals surface area contributed by atoms with Crippen LogP contribution in [0.3, 0.4) is 0 Å². The summed E-state index contributed by atoms with van der Waals surface area (Å²) in [6.07, 6.45) is 21.2. The van der Waals surface area contributed by atoms with Gasteiger partial charge in [0.05, 0.1) is 12.7 Å². The Kier molecular flexibility index (Phi) is 10.5. The minimum absolute atomic E-state index is 0.448. The van der Waals surface area contributed by atoms with E-state index in [1.54, 1.807) is 0 Å². The summed E-state index contributed by atoms with van der Waals surface area (Å²) in [5.74, 6) is 1.36. The normalized spacial score (nSPS) is 18.5. The number of hydrogen-bond acceptors (Lipinski definition) is 3. The molecule has 1 aromatic heterocycles. The third-order valence-corrected chi connectivity index (χ3v) is 6.62. The number of unbranched alkanes of at least 4 members (excludes halogenated alkanes) is 8. The predicted molar refractivity (Wildman–Crippen MR) is 130 cm³/mol. The van der Waals surface area contributed by atoms with Gasteiger partial charge in [-0.25, -0.2) is 9.97 Å². The van der Waals surface area contributed by atoms with Crippen LogP contribution in [0.4, 0.5) is 0 Å². The Balaban J connectivity index is 1.43. The summed E-state index contributed by atoms with van der Waals surface area (Å²) in [4.78, 5) is 9.26. The van der Waals surface area contributed by atoms with Crippen LogP contribution in [0.5, 0.6) is 0 Å². The van der Waals surface area contributed by atoms with Crippen LogP contribution in [0.25, 0.3) is 11.4 Å². The van der Waals surface area contributed by atoms with Crippen LogP contribution in [0, 0.1) is 0 Å². The minimum Gasteiger partial charge on any atom is -0.378 e. The molecule has 3 nitrogen and oxygen atoms in total. The quantitative estimate of drug-likeness (QED) is 0.290. The van der Waals surface area contributed by atoms with E-state index in [-0.39, 0.29) is 0 Å². The van der Waals surface area contributed by atoms with Crippen molar-refractivity contribution in [1.82, 2.24) is 9.97 Å². The van der Waals surface area contributed by atoms with Gasteiger partial charge in [0.25, 0.3) is 0 Å². The second kappa shape index (κ2) is 13.6. The maximum Gasteiger partial charge on any atom is 0.159 e. The lowest BCUT2D eigenvalue weighted by Crippen LogP contribution is -2.04. The zero-order valence-electron chi connectivity index (χ0n) is 19.8. The van der Waals surface area contributed by atoms with Crippen molar-refractivity contribution >= 4 is 0 Å². The van der Waals surface area contributed by atoms with Gasteiger partial charge in [-0.1, -0.05) is 95.9 Å². The molecule has 2 atom stereocenters. The molecule has 31 heavy (non-hydrogen) atoms. The van der Waals surface area contributed by atoms with Gasteiger partial charge in [-0.15, -0.1) is 0 Å². The smallest absolute Gasteiger partial charge is 0.159 e. The highest BCUT2D eigenvalue weighted by Crippen LogP contribution is 2.32. The highest BCUT2D eigenvalue weighted by Gasteiger charge is 2.26. The lowest BCUT2D eigenvalue weighted by Gasteiger charge is -2.10. The molecule has 0 bridgehead atoms. The van der Waals surface area contributed by atoms with Crippen LogP contribution in [0.2, 0.25) is 0 Å². The Morgan fingerprint density at radius 3 is 2.16 bits per heavy atom. The number of rotatable bonds is 14. The second-order valence-corrected chi connectivity index (χ2v) is 9.29. The predicted octanol–water partition coefficient (Wildman–Crippen LogP) is 7.89. The number of aromatic nitrogens is 2. The summed E-state index contributed by atoms with van der Waals surface area (Å²) in [6, 6.07) is 8.84. The molecular weight excluding hydrogens is 380 g/mol. The molecule has 2 aromatic rings. The molecule has 0 radical (unpaired) electrons. The summed E-state index contributed by atoms with van der Waals surface area (Å²) in [6.45, 7) is 5.39. The van der Waals surface area contributed by atoms with Gasteiger partial charge in [-0.05, 0) is 36.8 Å². The molecule has 1 aliphatic rings. The summed E-state index contributed by atoms with van der Waals surface area (Å²) in [5, 5.41) is 0. The van der Waals surface area contributed by atoms with Crippen molar-refractivity contribution < 1.29 is 4.74 Å². The first-order valence-electron chi connectivity index (χ1n) is 12.8. The maximum absolute atomic E-state index is 6.06. The number of hydrogen-bond donors (Lipinski definition) is 0. The molecular formula is C28H42N2O. The molecule has 3 rings (SSSR count). The van der Waals surface area contributed by atoms with Crippen molar-refractivity contribution in [1.29, 1.82) is 0 Å². The first kappa shape index (κ1) is 23.9. The van der Waals surface area contributed by atoms with E-state index in [1.807, 2.05) is 12.4 Å². The van der Waals surface area contributed by atoms with E-state index in [2.05, 4.69) is 48.1 Å². The Labute approximate surface area is 190 Å². The monoisotopic (exact) mass is 422 g/mol. The van der Waals surface area contributed by atoms with Gasteiger partial charge < -0.3 is 4.74 Å². The van der Waals surface area contributed by atoms with Gasteiger partial charge in [0, 0.05) is 23.9 Å². The standard InChI is InChI=1S/C28H42N2O/c1-3-5-7-9-10-11-13-23-20-29-28(30-21-23)25-17-15-24(16-18-25)26-19-27(31-22-26)14-12-8-6-4-2/h15-18,20-21,26-27H,3-14,19,22H2,1-2H3/t26-,27+/m1/s1. The van der Waals surface area contributed by atoms with Gasteiger partial charge in [-0.3, -0.25) is 0 Å². The van der Waals surface area contributed by atoms with Crippen molar-refractivity contribution in [3.05, 3.63) is 47.8 Å². The zero-order chi connectivity index (χ0) is 21.7. The minimum atomic E-state index is 0.448. The largest absolute Gasteiger partial charge is 0.378 e. The number of aryl methyl sites for hydroxylation is 1. The van der Waals surface area contributed by atoms with Crippen LogP contribution in [0.15, 0.2) is 36.7 Å². The maximum atomic E-state index is 6.06. The highest BCUT2D eigenvalue weighted by molar-refractivity contribution is 5.55. The molecule has 0 saturated carbocycles. The molecule has 170 valence electrons. The average Bonchev–Trinajstić information content (AvgIpc) is 3.29. The first-order chi connectivity index (χ1) is 15.3. The third-order valence-electron chi connectivity index (χ3n) is 6.62. The van der Waals surface area contributed by atoms with E-state index in [0.717, 1.165) is 30.8 Å². The van der Waals surface area contributed by atoms with E-state index >= 15 is 0 Å². The summed E-state index contributed by atoms with van der Waals surface area (Å²) < 4.78 is 6.06. The Morgan fingerprint density at radius 2 is 1.45 bits per heavy atom. The Hall–Kier alpha value is -1.74. The topological polar surface area (TPSA) is 35.0 Å². The molecule has 3 heteroatoms. The lowest BCUT2D eigenvalue weighted by atomic mass is 9.94. The SMILES string of the molecule is CCCCCCCCc1cnc(-c2ccc([C@H]3CO[C@@H](CCCCCC)C3)cc2)nc1. The lowest BCUT2D eigenvalue weighted by molar-refractivity contribution is 0.100. The van der Waals surface area contributed by atoms with Gasteiger partial charge >= 0.3 is 0 Å². The highest BCUT2D eigenvalue weighted by atomic mass is 16.5. The molecule has 1 aliphatic heterocycles. The summed E-state index contributed by atoms with van der Waals surface area (Å²) in [5.41, 5.74) is 3.74. The molecule has 1 fully saturated rings. The van der Waals surface area contributed by atoms with Crippen molar-refractivity contribution in [2.24, 2.45) is 0 Å². The fourth-order valence-electron chi connectivity index (χ4n) is 4.58. The Morgan fingerprint density at radius 1 is 0.806 bits per heavy atom. The third kappa shape index (κ3) is 8.03. The van der Waals surface area contributed by atoms with Crippen LogP contribution >= 0.6 is 0 Å². The molecule has 0 N–H and O–H groups in total. The molecule has 0 spiro atoms. The van der Waals surface area contributed by atoms with Gasteiger partial charge in [0.2, 0.25) is 0 Å². The second-order valence-electron chi connectivity index (χ2n) is 9.29. The van der Waals surface area contributed by atoms with Crippen molar-refractivity contribution in [3.63, 3.8) is 0 Å². The zero-order valence-corrected chi connectivity index (χ0v) is 19.8. The van der Waals surface area contributed by atoms with Crippen molar-refractivity contribution in [2.45, 2.75) is 109 Å². The first-order valence-corrected chi connectivity index (χ1v) is 12.8. The molecule has 0 unspecified atom stereocenters. The number of ether oxygens (including phenoxy) is 1. The van der Waals surface area contributed by atoms with Gasteiger partial charge in [-0.2, -0.15) is 0 Å². The number of benzene rings is 1. The van der Waals surface area contributed by atoms with Crippen molar-refractivity contribution in [3.8, 4) is 11.4 Å². The van der Waals surface area contributed by atoms with Crippen LogP contribution in [-0.4, -0.2) is 22.7 Å². The summed E-state index contributed by atoms with van der Waals surface area (Å²) >= 11 is 0. The molecule has 0 amide bonds. The molecule has 1 aromatic carbocycles. The van der Waals surface area contributed by atoms with Gasteiger partial charge in [0.15, 0.2) is 5.82 Å². The number of nitrogens with zero attached hydrogens (tertiary/aromatic N) is 2. The molecule has 0 aliphatic carbocycles. The van der Waals surface area contributed by atoms with E-state index in [4.69, 9.17) is 4.74 Å². The fourth-order valence-corrected chi connectivity index (χ4v) is 4.58. The molecule has 1 saturated heterocycles. The fraction of sp³-hybridized carbons (Fsp3) is 0.643. The van der Waals surface area contributed by atoms with Crippen molar-refractivity contribution in [2.75, 3.05) is 6.61 Å². The van der Waals surface area contributed by atoms with E-state index < -0.39 is 0 Å². The van der Waals surface area contributed by atoms with E-state index in [9.17, 15) is 0 Å².